The summed E-state index contributed by atoms with van der Waals surface area (Å²) < 4.78 is 1.78. The van der Waals surface area contributed by atoms with Crippen molar-refractivity contribution < 1.29 is 5.11 Å². The van der Waals surface area contributed by atoms with Crippen LogP contribution in [-0.2, 0) is 0 Å². The van der Waals surface area contributed by atoms with E-state index in [-0.39, 0.29) is 0 Å². The van der Waals surface area contributed by atoms with Crippen LogP contribution in [-0.4, -0.2) is 19.9 Å². The van der Waals surface area contributed by atoms with Crippen LogP contribution in [0.4, 0.5) is 0 Å². The zero-order valence-electron chi connectivity index (χ0n) is 9.68. The molecule has 0 aliphatic rings. The predicted molar refractivity (Wildman–Crippen MR) is 61.5 cm³/mol. The summed E-state index contributed by atoms with van der Waals surface area (Å²) in [7, 11) is 0. The second-order valence-electron chi connectivity index (χ2n) is 3.96. The van der Waals surface area contributed by atoms with Crippen LogP contribution < -0.4 is 0 Å². The zero-order chi connectivity index (χ0) is 11.7. The number of aryl methyl sites for hydroxylation is 2. The van der Waals surface area contributed by atoms with Gasteiger partial charge in [0.1, 0.15) is 0 Å². The van der Waals surface area contributed by atoms with E-state index in [0.717, 1.165) is 22.8 Å². The van der Waals surface area contributed by atoms with Crippen molar-refractivity contribution in [3.05, 3.63) is 41.3 Å². The molecule has 1 atom stereocenters. The van der Waals surface area contributed by atoms with Gasteiger partial charge in [0, 0.05) is 11.9 Å². The van der Waals surface area contributed by atoms with E-state index in [2.05, 4.69) is 10.1 Å². The lowest BCUT2D eigenvalue weighted by Crippen LogP contribution is -2.03. The molecule has 0 aliphatic heterocycles. The first kappa shape index (κ1) is 10.8. The standard InChI is InChI=1S/C12H15N3O/c1-8-6-9(2)15(14-8)12-7-11(10(3)16)4-5-13-12/h4-7,10,16H,1-3H3/t10-/m1/s1. The van der Waals surface area contributed by atoms with Gasteiger partial charge in [-0.15, -0.1) is 0 Å². The van der Waals surface area contributed by atoms with Crippen molar-refractivity contribution in [3.63, 3.8) is 0 Å². The van der Waals surface area contributed by atoms with Crippen molar-refractivity contribution in [3.8, 4) is 5.82 Å². The molecular formula is C12H15N3O. The van der Waals surface area contributed by atoms with Gasteiger partial charge >= 0.3 is 0 Å². The highest BCUT2D eigenvalue weighted by atomic mass is 16.3. The molecule has 0 saturated heterocycles. The Bertz CT molecular complexity index is 503. The molecule has 0 aromatic carbocycles. The van der Waals surface area contributed by atoms with Crippen LogP contribution in [0.25, 0.3) is 5.82 Å². The van der Waals surface area contributed by atoms with Crippen LogP contribution in [0.1, 0.15) is 30.0 Å². The Morgan fingerprint density at radius 3 is 2.62 bits per heavy atom. The molecule has 0 fully saturated rings. The first-order chi connectivity index (χ1) is 7.58. The summed E-state index contributed by atoms with van der Waals surface area (Å²) in [6.07, 6.45) is 1.20. The first-order valence-corrected chi connectivity index (χ1v) is 5.25. The molecule has 0 saturated carbocycles. The van der Waals surface area contributed by atoms with Crippen LogP contribution in [0.5, 0.6) is 0 Å². The summed E-state index contributed by atoms with van der Waals surface area (Å²) in [5, 5.41) is 13.9. The monoisotopic (exact) mass is 217 g/mol. The molecule has 2 aromatic rings. The summed E-state index contributed by atoms with van der Waals surface area (Å²) in [6, 6.07) is 5.65. The maximum Gasteiger partial charge on any atom is 0.153 e. The molecule has 2 aromatic heterocycles. The van der Waals surface area contributed by atoms with E-state index in [1.807, 2.05) is 26.0 Å². The molecule has 84 valence electrons. The van der Waals surface area contributed by atoms with Crippen LogP contribution in [0.3, 0.4) is 0 Å². The van der Waals surface area contributed by atoms with Crippen molar-refractivity contribution in [2.75, 3.05) is 0 Å². The third-order valence-corrected chi connectivity index (χ3v) is 2.48. The largest absolute Gasteiger partial charge is 0.389 e. The van der Waals surface area contributed by atoms with Crippen LogP contribution in [0.15, 0.2) is 24.4 Å². The third kappa shape index (κ3) is 1.97. The van der Waals surface area contributed by atoms with E-state index in [4.69, 9.17) is 0 Å². The Balaban J connectivity index is 2.48. The highest BCUT2D eigenvalue weighted by molar-refractivity contribution is 5.30. The van der Waals surface area contributed by atoms with Gasteiger partial charge in [0.15, 0.2) is 5.82 Å². The lowest BCUT2D eigenvalue weighted by atomic mass is 10.2. The van der Waals surface area contributed by atoms with E-state index < -0.39 is 6.10 Å². The van der Waals surface area contributed by atoms with Gasteiger partial charge in [-0.25, -0.2) is 9.67 Å². The number of nitrogens with zero attached hydrogens (tertiary/aromatic N) is 3. The van der Waals surface area contributed by atoms with Crippen LogP contribution >= 0.6 is 0 Å². The maximum absolute atomic E-state index is 9.51. The minimum Gasteiger partial charge on any atom is -0.389 e. The maximum atomic E-state index is 9.51. The van der Waals surface area contributed by atoms with Gasteiger partial charge in [-0.3, -0.25) is 0 Å². The van der Waals surface area contributed by atoms with Crippen molar-refractivity contribution in [2.45, 2.75) is 26.9 Å². The number of aliphatic hydroxyl groups excluding tert-OH is 1. The summed E-state index contributed by atoms with van der Waals surface area (Å²) in [5.41, 5.74) is 2.84. The molecule has 0 spiro atoms. The molecule has 1 N–H and O–H groups in total. The molecule has 0 radical (unpaired) electrons. The molecule has 0 amide bonds. The quantitative estimate of drug-likeness (QED) is 0.836. The van der Waals surface area contributed by atoms with Gasteiger partial charge in [-0.1, -0.05) is 0 Å². The smallest absolute Gasteiger partial charge is 0.153 e. The van der Waals surface area contributed by atoms with Crippen molar-refractivity contribution >= 4 is 0 Å². The molecule has 2 rings (SSSR count). The second-order valence-corrected chi connectivity index (χ2v) is 3.96. The molecule has 4 nitrogen and oxygen atoms in total. The zero-order valence-corrected chi connectivity index (χ0v) is 9.68. The van der Waals surface area contributed by atoms with Gasteiger partial charge in [-0.05, 0) is 44.5 Å². The Morgan fingerprint density at radius 1 is 1.31 bits per heavy atom. The van der Waals surface area contributed by atoms with Crippen molar-refractivity contribution in [1.29, 1.82) is 0 Å². The summed E-state index contributed by atoms with van der Waals surface area (Å²) >= 11 is 0. The fourth-order valence-electron chi connectivity index (χ4n) is 1.67. The summed E-state index contributed by atoms with van der Waals surface area (Å²) in [5.74, 6) is 0.740. The van der Waals surface area contributed by atoms with Gasteiger partial charge in [0.05, 0.1) is 11.8 Å². The Labute approximate surface area is 94.6 Å². The predicted octanol–water partition coefficient (Wildman–Crippen LogP) is 1.94. The molecule has 2 heterocycles. The van der Waals surface area contributed by atoms with E-state index >= 15 is 0 Å². The van der Waals surface area contributed by atoms with Crippen molar-refractivity contribution in [2.24, 2.45) is 0 Å². The number of hydrogen-bond donors (Lipinski definition) is 1. The minimum absolute atomic E-state index is 0.487. The van der Waals surface area contributed by atoms with E-state index in [9.17, 15) is 5.11 Å². The minimum atomic E-state index is -0.487. The van der Waals surface area contributed by atoms with Crippen molar-refractivity contribution in [1.82, 2.24) is 14.8 Å². The van der Waals surface area contributed by atoms with Gasteiger partial charge in [0.2, 0.25) is 0 Å². The third-order valence-electron chi connectivity index (χ3n) is 2.48. The van der Waals surface area contributed by atoms with Crippen LogP contribution in [0, 0.1) is 13.8 Å². The number of aliphatic hydroxyl groups is 1. The van der Waals surface area contributed by atoms with E-state index in [0.29, 0.717) is 0 Å². The number of rotatable bonds is 2. The normalized spacial score (nSPS) is 12.8. The second kappa shape index (κ2) is 4.06. The molecule has 0 aliphatic carbocycles. The highest BCUT2D eigenvalue weighted by Gasteiger charge is 2.07. The average Bonchev–Trinajstić information content (AvgIpc) is 2.58. The number of hydrogen-bond acceptors (Lipinski definition) is 3. The van der Waals surface area contributed by atoms with E-state index in [1.165, 1.54) is 0 Å². The fraction of sp³-hybridized carbons (Fsp3) is 0.333. The summed E-state index contributed by atoms with van der Waals surface area (Å²) in [6.45, 7) is 5.67. The lowest BCUT2D eigenvalue weighted by Gasteiger charge is -2.07. The highest BCUT2D eigenvalue weighted by Crippen LogP contribution is 2.15. The molecule has 4 heteroatoms. The van der Waals surface area contributed by atoms with Gasteiger partial charge in [0.25, 0.3) is 0 Å². The summed E-state index contributed by atoms with van der Waals surface area (Å²) in [4.78, 5) is 4.26. The lowest BCUT2D eigenvalue weighted by molar-refractivity contribution is 0.199. The number of aromatic nitrogens is 3. The average molecular weight is 217 g/mol. The number of pyridine rings is 1. The Morgan fingerprint density at radius 2 is 2.06 bits per heavy atom. The van der Waals surface area contributed by atoms with Gasteiger partial charge in [-0.2, -0.15) is 5.10 Å². The van der Waals surface area contributed by atoms with Crippen LogP contribution in [0.2, 0.25) is 0 Å². The van der Waals surface area contributed by atoms with E-state index in [1.54, 1.807) is 23.9 Å². The molecule has 0 bridgehead atoms. The molecular weight excluding hydrogens is 202 g/mol. The first-order valence-electron chi connectivity index (χ1n) is 5.25. The molecule has 16 heavy (non-hydrogen) atoms. The Kier molecular flexibility index (Phi) is 2.75. The molecule has 0 unspecified atom stereocenters. The SMILES string of the molecule is Cc1cc(C)n(-c2cc([C@@H](C)O)ccn2)n1. The topological polar surface area (TPSA) is 50.9 Å². The fourth-order valence-corrected chi connectivity index (χ4v) is 1.67. The van der Waals surface area contributed by atoms with Gasteiger partial charge < -0.3 is 5.11 Å². The Hall–Kier alpha value is -1.68.